The molecule has 1 N–H and O–H groups in total. The molecule has 0 bridgehead atoms. The minimum absolute atomic E-state index is 0.444. The van der Waals surface area contributed by atoms with E-state index in [0.717, 1.165) is 31.8 Å². The Balaban J connectivity index is 2.06. The van der Waals surface area contributed by atoms with Gasteiger partial charge in [-0.1, -0.05) is 6.92 Å². The van der Waals surface area contributed by atoms with Crippen molar-refractivity contribution < 1.29 is 4.74 Å². The highest BCUT2D eigenvalue weighted by atomic mass is 16.5. The van der Waals surface area contributed by atoms with E-state index in [2.05, 4.69) is 22.2 Å². The largest absolute Gasteiger partial charge is 0.381 e. The van der Waals surface area contributed by atoms with Gasteiger partial charge in [0.05, 0.1) is 6.61 Å². The van der Waals surface area contributed by atoms with Gasteiger partial charge in [-0.25, -0.2) is 9.97 Å². The lowest BCUT2D eigenvalue weighted by Gasteiger charge is -2.25. The summed E-state index contributed by atoms with van der Waals surface area (Å²) in [6.45, 7) is 6.62. The predicted octanol–water partition coefficient (Wildman–Crippen LogP) is 2.04. The van der Waals surface area contributed by atoms with Gasteiger partial charge in [0.15, 0.2) is 0 Å². The van der Waals surface area contributed by atoms with Gasteiger partial charge < -0.3 is 10.1 Å². The third-order valence-corrected chi connectivity index (χ3v) is 3.36. The van der Waals surface area contributed by atoms with Gasteiger partial charge in [0.25, 0.3) is 0 Å². The molecule has 1 aliphatic carbocycles. The molecule has 4 heteroatoms. The second-order valence-electron chi connectivity index (χ2n) is 4.64. The van der Waals surface area contributed by atoms with Gasteiger partial charge >= 0.3 is 0 Å². The van der Waals surface area contributed by atoms with Gasteiger partial charge in [-0.05, 0) is 32.7 Å². The minimum atomic E-state index is 0.444. The van der Waals surface area contributed by atoms with E-state index in [1.165, 1.54) is 24.1 Å². The van der Waals surface area contributed by atoms with Crippen LogP contribution in [0.5, 0.6) is 0 Å². The van der Waals surface area contributed by atoms with Crippen molar-refractivity contribution in [3.63, 3.8) is 0 Å². The lowest BCUT2D eigenvalue weighted by atomic mass is 9.92. The first kappa shape index (κ1) is 13.4. The van der Waals surface area contributed by atoms with Gasteiger partial charge in [0.2, 0.25) is 0 Å². The van der Waals surface area contributed by atoms with Gasteiger partial charge in [0.1, 0.15) is 5.82 Å². The smallest absolute Gasteiger partial charge is 0.130 e. The van der Waals surface area contributed by atoms with Gasteiger partial charge in [-0.15, -0.1) is 0 Å². The minimum Gasteiger partial charge on any atom is -0.381 e. The van der Waals surface area contributed by atoms with Crippen molar-refractivity contribution >= 4 is 0 Å². The molecule has 4 nitrogen and oxygen atoms in total. The summed E-state index contributed by atoms with van der Waals surface area (Å²) in [5.74, 6) is 0.916. The maximum Gasteiger partial charge on any atom is 0.130 e. The van der Waals surface area contributed by atoms with E-state index >= 15 is 0 Å². The van der Waals surface area contributed by atoms with Crippen LogP contribution in [0.15, 0.2) is 6.20 Å². The summed E-state index contributed by atoms with van der Waals surface area (Å²) in [5.41, 5.74) is 2.52. The number of ether oxygens (including phenoxy) is 1. The van der Waals surface area contributed by atoms with Crippen LogP contribution in [0.1, 0.15) is 49.8 Å². The molecule has 100 valence electrons. The summed E-state index contributed by atoms with van der Waals surface area (Å²) in [4.78, 5) is 9.15. The molecular weight excluding hydrogens is 226 g/mol. The lowest BCUT2D eigenvalue weighted by molar-refractivity contribution is 0.149. The Bertz CT molecular complexity index is 381. The zero-order chi connectivity index (χ0) is 12.8. The number of hydrogen-bond donors (Lipinski definition) is 1. The van der Waals surface area contributed by atoms with E-state index in [-0.39, 0.29) is 0 Å². The fourth-order valence-electron chi connectivity index (χ4n) is 2.47. The van der Waals surface area contributed by atoms with Gasteiger partial charge in [-0.3, -0.25) is 0 Å². The fourth-order valence-corrected chi connectivity index (χ4v) is 2.47. The van der Waals surface area contributed by atoms with E-state index in [1.807, 2.05) is 13.1 Å². The highest BCUT2D eigenvalue weighted by Crippen LogP contribution is 2.27. The Kier molecular flexibility index (Phi) is 5.08. The Morgan fingerprint density at radius 1 is 1.44 bits per heavy atom. The summed E-state index contributed by atoms with van der Waals surface area (Å²) in [6, 6.07) is 0.444. The zero-order valence-corrected chi connectivity index (χ0v) is 11.4. The van der Waals surface area contributed by atoms with Crippen LogP contribution in [-0.4, -0.2) is 29.7 Å². The van der Waals surface area contributed by atoms with Gasteiger partial charge in [-0.2, -0.15) is 0 Å². The number of nitrogens with zero attached hydrogens (tertiary/aromatic N) is 2. The highest BCUT2D eigenvalue weighted by molar-refractivity contribution is 5.24. The van der Waals surface area contributed by atoms with Crippen LogP contribution in [0.4, 0.5) is 0 Å². The monoisotopic (exact) mass is 249 g/mol. The average molecular weight is 249 g/mol. The van der Waals surface area contributed by atoms with Crippen LogP contribution in [0.25, 0.3) is 0 Å². The highest BCUT2D eigenvalue weighted by Gasteiger charge is 2.21. The third kappa shape index (κ3) is 3.27. The Morgan fingerprint density at radius 2 is 2.33 bits per heavy atom. The van der Waals surface area contributed by atoms with Crippen LogP contribution in [0, 0.1) is 0 Å². The van der Waals surface area contributed by atoms with Crippen molar-refractivity contribution in [2.45, 2.75) is 45.6 Å². The molecule has 0 saturated heterocycles. The number of aromatic nitrogens is 2. The molecule has 0 aliphatic heterocycles. The van der Waals surface area contributed by atoms with Crippen molar-refractivity contribution in [1.82, 2.24) is 15.3 Å². The Morgan fingerprint density at radius 3 is 3.11 bits per heavy atom. The van der Waals surface area contributed by atoms with Crippen LogP contribution in [0.2, 0.25) is 0 Å². The number of aryl methyl sites for hydroxylation is 1. The van der Waals surface area contributed by atoms with E-state index in [9.17, 15) is 0 Å². The number of hydrogen-bond acceptors (Lipinski definition) is 4. The Hall–Kier alpha value is -1.00. The number of fused-ring (bicyclic) bond motifs is 1. The van der Waals surface area contributed by atoms with Crippen molar-refractivity contribution in [3.05, 3.63) is 23.3 Å². The maximum atomic E-state index is 5.35. The normalized spacial score (nSPS) is 18.7. The van der Waals surface area contributed by atoms with Gasteiger partial charge in [0, 0.05) is 36.5 Å². The molecule has 1 unspecified atom stereocenters. The van der Waals surface area contributed by atoms with Crippen molar-refractivity contribution in [1.29, 1.82) is 0 Å². The standard InChI is InChI=1S/C14H23N3O/c1-3-15-12-6-5-7-13-11(12)10-16-14(17-13)8-9-18-4-2/h10,12,15H,3-9H2,1-2H3. The lowest BCUT2D eigenvalue weighted by Crippen LogP contribution is -2.26. The summed E-state index contributed by atoms with van der Waals surface area (Å²) < 4.78 is 5.35. The van der Waals surface area contributed by atoms with Crippen LogP contribution in [0.3, 0.4) is 0 Å². The molecule has 1 aromatic rings. The molecule has 1 aromatic heterocycles. The molecule has 2 rings (SSSR count). The van der Waals surface area contributed by atoms with Crippen LogP contribution in [-0.2, 0) is 17.6 Å². The zero-order valence-electron chi connectivity index (χ0n) is 11.4. The second-order valence-corrected chi connectivity index (χ2v) is 4.64. The molecule has 0 saturated carbocycles. The van der Waals surface area contributed by atoms with E-state index < -0.39 is 0 Å². The fraction of sp³-hybridized carbons (Fsp3) is 0.714. The molecular formula is C14H23N3O. The molecule has 18 heavy (non-hydrogen) atoms. The summed E-state index contributed by atoms with van der Waals surface area (Å²) >= 11 is 0. The molecule has 0 spiro atoms. The Labute approximate surface area is 109 Å². The molecule has 0 amide bonds. The first-order chi connectivity index (χ1) is 8.85. The summed E-state index contributed by atoms with van der Waals surface area (Å²) in [7, 11) is 0. The molecule has 1 atom stereocenters. The van der Waals surface area contributed by atoms with Crippen molar-refractivity contribution in [2.24, 2.45) is 0 Å². The molecule has 0 radical (unpaired) electrons. The second kappa shape index (κ2) is 6.81. The SMILES string of the molecule is CCNC1CCCc2nc(CCOCC)ncc21. The van der Waals surface area contributed by atoms with E-state index in [4.69, 9.17) is 4.74 Å². The summed E-state index contributed by atoms with van der Waals surface area (Å²) in [6.07, 6.45) is 6.32. The average Bonchev–Trinajstić information content (AvgIpc) is 2.39. The number of rotatable bonds is 6. The predicted molar refractivity (Wildman–Crippen MR) is 71.6 cm³/mol. The third-order valence-electron chi connectivity index (χ3n) is 3.36. The van der Waals surface area contributed by atoms with Crippen LogP contribution >= 0.6 is 0 Å². The topological polar surface area (TPSA) is 47.0 Å². The molecule has 1 aliphatic rings. The van der Waals surface area contributed by atoms with E-state index in [0.29, 0.717) is 12.6 Å². The number of nitrogens with one attached hydrogen (secondary N) is 1. The molecule has 1 heterocycles. The first-order valence-electron chi connectivity index (χ1n) is 7.01. The van der Waals surface area contributed by atoms with Crippen LogP contribution < -0.4 is 5.32 Å². The molecule has 0 fully saturated rings. The van der Waals surface area contributed by atoms with E-state index in [1.54, 1.807) is 0 Å². The van der Waals surface area contributed by atoms with Crippen molar-refractivity contribution in [3.8, 4) is 0 Å². The van der Waals surface area contributed by atoms with Crippen molar-refractivity contribution in [2.75, 3.05) is 19.8 Å². The first-order valence-corrected chi connectivity index (χ1v) is 7.01. The quantitative estimate of drug-likeness (QED) is 0.784. The molecule has 0 aromatic carbocycles. The maximum absolute atomic E-state index is 5.35. The summed E-state index contributed by atoms with van der Waals surface area (Å²) in [5, 5.41) is 3.51.